The number of nitriles is 1. The van der Waals surface area contributed by atoms with Crippen molar-refractivity contribution in [1.82, 2.24) is 5.32 Å². The van der Waals surface area contributed by atoms with Gasteiger partial charge in [-0.2, -0.15) is 5.26 Å². The highest BCUT2D eigenvalue weighted by Gasteiger charge is 2.12. The molecule has 0 aliphatic rings. The van der Waals surface area contributed by atoms with Crippen LogP contribution in [0.2, 0.25) is 0 Å². The first-order valence-corrected chi connectivity index (χ1v) is 8.94. The van der Waals surface area contributed by atoms with Gasteiger partial charge in [-0.15, -0.1) is 0 Å². The SMILES string of the molecule is COc1ccc(OCCN/C=C(/C#N)C(=O)Nc2c(C)cc(C)cc2C)cc1. The van der Waals surface area contributed by atoms with Gasteiger partial charge in [0.1, 0.15) is 29.7 Å². The first-order chi connectivity index (χ1) is 13.4. The lowest BCUT2D eigenvalue weighted by atomic mass is 10.0. The minimum absolute atomic E-state index is 0.00354. The molecule has 1 amide bonds. The van der Waals surface area contributed by atoms with E-state index in [1.54, 1.807) is 7.11 Å². The molecule has 2 N–H and O–H groups in total. The third kappa shape index (κ3) is 5.78. The normalized spacial score (nSPS) is 10.8. The van der Waals surface area contributed by atoms with Crippen molar-refractivity contribution in [3.63, 3.8) is 0 Å². The summed E-state index contributed by atoms with van der Waals surface area (Å²) in [5.74, 6) is 1.04. The van der Waals surface area contributed by atoms with Crippen molar-refractivity contribution in [3.8, 4) is 17.6 Å². The summed E-state index contributed by atoms with van der Waals surface area (Å²) in [4.78, 5) is 12.4. The molecule has 2 rings (SSSR count). The topological polar surface area (TPSA) is 83.4 Å². The van der Waals surface area contributed by atoms with Crippen LogP contribution in [0.5, 0.6) is 11.5 Å². The molecule has 6 nitrogen and oxygen atoms in total. The van der Waals surface area contributed by atoms with Gasteiger partial charge in [0, 0.05) is 18.4 Å². The summed E-state index contributed by atoms with van der Waals surface area (Å²) in [5, 5.41) is 15.0. The molecule has 2 aromatic rings. The lowest BCUT2D eigenvalue weighted by molar-refractivity contribution is -0.112. The summed E-state index contributed by atoms with van der Waals surface area (Å²) in [6.45, 7) is 6.71. The van der Waals surface area contributed by atoms with Crippen LogP contribution < -0.4 is 20.1 Å². The number of nitrogens with one attached hydrogen (secondary N) is 2. The van der Waals surface area contributed by atoms with Gasteiger partial charge in [0.05, 0.1) is 7.11 Å². The van der Waals surface area contributed by atoms with Crippen molar-refractivity contribution in [2.45, 2.75) is 20.8 Å². The maximum atomic E-state index is 12.4. The highest BCUT2D eigenvalue weighted by Crippen LogP contribution is 2.22. The van der Waals surface area contributed by atoms with Crippen LogP contribution >= 0.6 is 0 Å². The van der Waals surface area contributed by atoms with Gasteiger partial charge in [-0.1, -0.05) is 17.7 Å². The van der Waals surface area contributed by atoms with Crippen LogP contribution in [0.3, 0.4) is 0 Å². The average Bonchev–Trinajstić information content (AvgIpc) is 2.67. The van der Waals surface area contributed by atoms with Gasteiger partial charge in [0.25, 0.3) is 5.91 Å². The molecule has 0 atom stereocenters. The summed E-state index contributed by atoms with van der Waals surface area (Å²) in [6.07, 6.45) is 1.41. The number of rotatable bonds is 8. The number of carbonyl (C=O) groups is 1. The van der Waals surface area contributed by atoms with Crippen molar-refractivity contribution in [1.29, 1.82) is 5.26 Å². The van der Waals surface area contributed by atoms with E-state index in [1.165, 1.54) is 6.20 Å². The van der Waals surface area contributed by atoms with E-state index >= 15 is 0 Å². The summed E-state index contributed by atoms with van der Waals surface area (Å²) in [6, 6.07) is 13.2. The standard InChI is InChI=1S/C22H25N3O3/c1-15-11-16(2)21(17(3)12-15)25-22(26)18(13-23)14-24-9-10-28-20-7-5-19(27-4)6-8-20/h5-8,11-12,14,24H,9-10H2,1-4H3,(H,25,26)/b18-14-. The third-order valence-corrected chi connectivity index (χ3v) is 4.10. The highest BCUT2D eigenvalue weighted by molar-refractivity contribution is 6.07. The molecule has 28 heavy (non-hydrogen) atoms. The molecule has 0 radical (unpaired) electrons. The van der Waals surface area contributed by atoms with Crippen LogP contribution in [0.15, 0.2) is 48.2 Å². The quantitative estimate of drug-likeness (QED) is 0.416. The van der Waals surface area contributed by atoms with E-state index in [2.05, 4.69) is 10.6 Å². The Bertz CT molecular complexity index is 873. The Labute approximate surface area is 165 Å². The predicted molar refractivity (Wildman–Crippen MR) is 109 cm³/mol. The summed E-state index contributed by atoms with van der Waals surface area (Å²) < 4.78 is 10.7. The predicted octanol–water partition coefficient (Wildman–Crippen LogP) is 3.64. The molecular formula is C22H25N3O3. The number of benzene rings is 2. The van der Waals surface area contributed by atoms with Gasteiger partial charge < -0.3 is 20.1 Å². The molecule has 6 heteroatoms. The van der Waals surface area contributed by atoms with Crippen LogP contribution in [-0.2, 0) is 4.79 Å². The minimum atomic E-state index is -0.443. The molecule has 0 spiro atoms. The second-order valence-corrected chi connectivity index (χ2v) is 6.38. The van der Waals surface area contributed by atoms with E-state index in [0.717, 1.165) is 33.9 Å². The second-order valence-electron chi connectivity index (χ2n) is 6.38. The molecule has 0 saturated carbocycles. The average molecular weight is 379 g/mol. The molecule has 146 valence electrons. The van der Waals surface area contributed by atoms with Crippen LogP contribution in [0.1, 0.15) is 16.7 Å². The number of ether oxygens (including phenoxy) is 2. The lowest BCUT2D eigenvalue weighted by Crippen LogP contribution is -2.20. The summed E-state index contributed by atoms with van der Waals surface area (Å²) >= 11 is 0. The number of amides is 1. The van der Waals surface area contributed by atoms with E-state index < -0.39 is 5.91 Å². The maximum absolute atomic E-state index is 12.4. The molecule has 0 heterocycles. The monoisotopic (exact) mass is 379 g/mol. The fourth-order valence-corrected chi connectivity index (χ4v) is 2.78. The molecule has 0 unspecified atom stereocenters. The van der Waals surface area contributed by atoms with Crippen LogP contribution in [0.25, 0.3) is 0 Å². The fourth-order valence-electron chi connectivity index (χ4n) is 2.78. The molecule has 0 saturated heterocycles. The molecule has 0 aliphatic carbocycles. The first-order valence-electron chi connectivity index (χ1n) is 8.94. The van der Waals surface area contributed by atoms with Gasteiger partial charge in [-0.3, -0.25) is 4.79 Å². The van der Waals surface area contributed by atoms with Crippen LogP contribution in [-0.4, -0.2) is 26.2 Å². The van der Waals surface area contributed by atoms with Gasteiger partial charge in [-0.05, 0) is 56.2 Å². The smallest absolute Gasteiger partial charge is 0.267 e. The van der Waals surface area contributed by atoms with E-state index in [4.69, 9.17) is 9.47 Å². The Morgan fingerprint density at radius 1 is 1.11 bits per heavy atom. The van der Waals surface area contributed by atoms with Crippen molar-refractivity contribution in [2.75, 3.05) is 25.6 Å². The van der Waals surface area contributed by atoms with Crippen molar-refractivity contribution < 1.29 is 14.3 Å². The maximum Gasteiger partial charge on any atom is 0.267 e. The van der Waals surface area contributed by atoms with E-state index in [9.17, 15) is 10.1 Å². The van der Waals surface area contributed by atoms with Gasteiger partial charge in [0.15, 0.2) is 0 Å². The summed E-state index contributed by atoms with van der Waals surface area (Å²) in [5.41, 5.74) is 3.79. The zero-order chi connectivity index (χ0) is 20.5. The Hall–Kier alpha value is -3.46. The first kappa shape index (κ1) is 20.8. The number of hydrogen-bond acceptors (Lipinski definition) is 5. The zero-order valence-electron chi connectivity index (χ0n) is 16.6. The number of carbonyl (C=O) groups excluding carboxylic acids is 1. The Kier molecular flexibility index (Phi) is 7.46. The molecule has 0 aliphatic heterocycles. The van der Waals surface area contributed by atoms with Crippen LogP contribution in [0, 0.1) is 32.1 Å². The largest absolute Gasteiger partial charge is 0.497 e. The highest BCUT2D eigenvalue weighted by atomic mass is 16.5. The van der Waals surface area contributed by atoms with Gasteiger partial charge in [-0.25, -0.2) is 0 Å². The zero-order valence-corrected chi connectivity index (χ0v) is 16.6. The Morgan fingerprint density at radius 3 is 2.29 bits per heavy atom. The number of nitrogens with zero attached hydrogens (tertiary/aromatic N) is 1. The second kappa shape index (κ2) is 10.0. The third-order valence-electron chi connectivity index (χ3n) is 4.10. The van der Waals surface area contributed by atoms with Crippen LogP contribution in [0.4, 0.5) is 5.69 Å². The summed E-state index contributed by atoms with van der Waals surface area (Å²) in [7, 11) is 1.61. The van der Waals surface area contributed by atoms with Gasteiger partial charge in [0.2, 0.25) is 0 Å². The lowest BCUT2D eigenvalue weighted by Gasteiger charge is -2.12. The number of methoxy groups -OCH3 is 1. The van der Waals surface area contributed by atoms with E-state index in [1.807, 2.05) is 63.2 Å². The van der Waals surface area contributed by atoms with E-state index in [-0.39, 0.29) is 5.57 Å². The Balaban J connectivity index is 1.87. The molecule has 0 aromatic heterocycles. The fraction of sp³-hybridized carbons (Fsp3) is 0.273. The van der Waals surface area contributed by atoms with Crippen molar-refractivity contribution >= 4 is 11.6 Å². The number of hydrogen-bond donors (Lipinski definition) is 2. The van der Waals surface area contributed by atoms with Crippen molar-refractivity contribution in [2.24, 2.45) is 0 Å². The van der Waals surface area contributed by atoms with E-state index in [0.29, 0.717) is 13.2 Å². The Morgan fingerprint density at radius 2 is 1.71 bits per heavy atom. The molecule has 2 aromatic carbocycles. The minimum Gasteiger partial charge on any atom is -0.497 e. The molecule has 0 bridgehead atoms. The molecular weight excluding hydrogens is 354 g/mol. The van der Waals surface area contributed by atoms with Gasteiger partial charge >= 0.3 is 0 Å². The number of anilines is 1. The number of aryl methyl sites for hydroxylation is 3. The molecule has 0 fully saturated rings. The van der Waals surface area contributed by atoms with Crippen molar-refractivity contribution in [3.05, 3.63) is 64.9 Å².